The van der Waals surface area contributed by atoms with E-state index in [4.69, 9.17) is 16.3 Å². The highest BCUT2D eigenvalue weighted by atomic mass is 35.5. The van der Waals surface area contributed by atoms with Gasteiger partial charge in [-0.05, 0) is 43.5 Å². The Hall–Kier alpha value is -1.83. The van der Waals surface area contributed by atoms with E-state index in [0.29, 0.717) is 35.5 Å². The molecule has 2 aromatic rings. The van der Waals surface area contributed by atoms with E-state index >= 15 is 0 Å². The molecule has 6 nitrogen and oxygen atoms in total. The van der Waals surface area contributed by atoms with Crippen molar-refractivity contribution in [1.29, 1.82) is 0 Å². The molecule has 4 rings (SSSR count). The van der Waals surface area contributed by atoms with E-state index in [-0.39, 0.29) is 17.4 Å². The molecule has 2 heterocycles. The number of aromatic nitrogens is 1. The molecular formula is C19H21ClN2O4S. The zero-order valence-corrected chi connectivity index (χ0v) is 16.5. The minimum Gasteiger partial charge on any atom is -0.487 e. The van der Waals surface area contributed by atoms with Crippen molar-refractivity contribution in [3.05, 3.63) is 63.0 Å². The van der Waals surface area contributed by atoms with Crippen LogP contribution in [0.25, 0.3) is 0 Å². The van der Waals surface area contributed by atoms with Gasteiger partial charge >= 0.3 is 0 Å². The molecule has 0 bridgehead atoms. The average molecular weight is 409 g/mol. The fourth-order valence-electron chi connectivity index (χ4n) is 3.33. The van der Waals surface area contributed by atoms with Gasteiger partial charge in [0.15, 0.2) is 0 Å². The summed E-state index contributed by atoms with van der Waals surface area (Å²) in [6.07, 6.45) is 1.86. The number of halogens is 1. The van der Waals surface area contributed by atoms with Gasteiger partial charge < -0.3 is 9.30 Å². The molecule has 1 saturated carbocycles. The number of sulfonamides is 1. The third kappa shape index (κ3) is 4.05. The van der Waals surface area contributed by atoms with Gasteiger partial charge in [-0.1, -0.05) is 23.7 Å². The van der Waals surface area contributed by atoms with Crippen molar-refractivity contribution < 1.29 is 13.2 Å². The van der Waals surface area contributed by atoms with Crippen molar-refractivity contribution in [2.24, 2.45) is 0 Å². The third-order valence-corrected chi connectivity index (χ3v) is 6.95. The summed E-state index contributed by atoms with van der Waals surface area (Å²) < 4.78 is 34.0. The van der Waals surface area contributed by atoms with Gasteiger partial charge in [0.1, 0.15) is 11.9 Å². The van der Waals surface area contributed by atoms with Crippen LogP contribution in [0, 0.1) is 6.92 Å². The zero-order chi connectivity index (χ0) is 19.2. The van der Waals surface area contributed by atoms with E-state index in [1.165, 1.54) is 10.4 Å². The van der Waals surface area contributed by atoms with E-state index in [2.05, 4.69) is 0 Å². The number of ether oxygens (including phenoxy) is 1. The van der Waals surface area contributed by atoms with Gasteiger partial charge in [-0.2, -0.15) is 4.31 Å². The molecule has 144 valence electrons. The molecule has 1 aliphatic heterocycles. The summed E-state index contributed by atoms with van der Waals surface area (Å²) in [7, 11) is -3.40. The lowest BCUT2D eigenvalue weighted by Gasteiger charge is -2.37. The summed E-state index contributed by atoms with van der Waals surface area (Å²) >= 11 is 5.83. The summed E-state index contributed by atoms with van der Waals surface area (Å²) in [5.74, 6) is 0.446. The molecule has 0 N–H and O–H groups in total. The first-order valence-corrected chi connectivity index (χ1v) is 10.9. The Morgan fingerprint density at radius 3 is 2.41 bits per heavy atom. The van der Waals surface area contributed by atoms with Crippen molar-refractivity contribution in [3.63, 3.8) is 0 Å². The van der Waals surface area contributed by atoms with Crippen LogP contribution >= 0.6 is 11.6 Å². The van der Waals surface area contributed by atoms with Crippen LogP contribution in [0.1, 0.15) is 30.1 Å². The Kier molecular flexibility index (Phi) is 4.78. The highest BCUT2D eigenvalue weighted by Crippen LogP contribution is 2.35. The highest BCUT2D eigenvalue weighted by molar-refractivity contribution is 7.88. The van der Waals surface area contributed by atoms with Crippen LogP contribution in [-0.4, -0.2) is 36.5 Å². The van der Waals surface area contributed by atoms with E-state index < -0.39 is 10.0 Å². The molecular weight excluding hydrogens is 388 g/mol. The van der Waals surface area contributed by atoms with Crippen molar-refractivity contribution in [2.75, 3.05) is 13.1 Å². The van der Waals surface area contributed by atoms with Crippen molar-refractivity contribution in [1.82, 2.24) is 8.87 Å². The fraction of sp³-hybridized carbons (Fsp3) is 0.421. The molecule has 1 aromatic carbocycles. The Balaban J connectivity index is 1.36. The Bertz CT molecular complexity index is 1010. The molecule has 1 aliphatic carbocycles. The van der Waals surface area contributed by atoms with E-state index in [0.717, 1.165) is 18.5 Å². The monoisotopic (exact) mass is 408 g/mol. The van der Waals surface area contributed by atoms with Crippen molar-refractivity contribution in [3.8, 4) is 5.75 Å². The van der Waals surface area contributed by atoms with E-state index in [1.54, 1.807) is 28.8 Å². The Morgan fingerprint density at radius 2 is 1.81 bits per heavy atom. The number of rotatable bonds is 6. The Labute approximate surface area is 163 Å². The van der Waals surface area contributed by atoms with Crippen LogP contribution in [0.3, 0.4) is 0 Å². The molecule has 1 saturated heterocycles. The average Bonchev–Trinajstić information content (AvgIpc) is 3.36. The molecule has 2 aliphatic rings. The SMILES string of the molecule is Cc1cc(OC2CN(S(=O)(=O)Cc3ccc(Cl)cc3)C2)cc(=O)n1C1CC1. The largest absolute Gasteiger partial charge is 0.487 e. The number of hydrogen-bond donors (Lipinski definition) is 0. The van der Waals surface area contributed by atoms with Gasteiger partial charge in [0, 0.05) is 22.8 Å². The lowest BCUT2D eigenvalue weighted by molar-refractivity contribution is 0.0757. The molecule has 0 amide bonds. The van der Waals surface area contributed by atoms with E-state index in [1.807, 2.05) is 13.0 Å². The molecule has 1 aromatic heterocycles. The van der Waals surface area contributed by atoms with Crippen molar-refractivity contribution in [2.45, 2.75) is 37.7 Å². The number of pyridine rings is 1. The first-order valence-electron chi connectivity index (χ1n) is 8.94. The lowest BCUT2D eigenvalue weighted by atomic mass is 10.2. The second kappa shape index (κ2) is 6.96. The topological polar surface area (TPSA) is 68.6 Å². The first kappa shape index (κ1) is 18.5. The number of benzene rings is 1. The van der Waals surface area contributed by atoms with Crippen LogP contribution in [0.4, 0.5) is 0 Å². The summed E-state index contributed by atoms with van der Waals surface area (Å²) in [5, 5.41) is 0.576. The highest BCUT2D eigenvalue weighted by Gasteiger charge is 2.37. The van der Waals surface area contributed by atoms with Crippen LogP contribution in [0.5, 0.6) is 5.75 Å². The molecule has 27 heavy (non-hydrogen) atoms. The normalized spacial score (nSPS) is 18.3. The minimum atomic E-state index is -3.40. The third-order valence-electron chi connectivity index (χ3n) is 4.92. The van der Waals surface area contributed by atoms with Gasteiger partial charge in [0.2, 0.25) is 10.0 Å². The summed E-state index contributed by atoms with van der Waals surface area (Å²) in [5.41, 5.74) is 1.52. The van der Waals surface area contributed by atoms with Crippen LogP contribution in [0.15, 0.2) is 41.2 Å². The first-order chi connectivity index (χ1) is 12.8. The predicted molar refractivity (Wildman–Crippen MR) is 104 cm³/mol. The molecule has 2 fully saturated rings. The lowest BCUT2D eigenvalue weighted by Crippen LogP contribution is -2.56. The van der Waals surface area contributed by atoms with Crippen molar-refractivity contribution >= 4 is 21.6 Å². The number of aryl methyl sites for hydroxylation is 1. The van der Waals surface area contributed by atoms with Crippen LogP contribution in [0.2, 0.25) is 5.02 Å². The fourth-order valence-corrected chi connectivity index (χ4v) is 5.04. The molecule has 8 heteroatoms. The van der Waals surface area contributed by atoms with Gasteiger partial charge in [0.25, 0.3) is 5.56 Å². The van der Waals surface area contributed by atoms with Gasteiger partial charge in [0.05, 0.1) is 18.8 Å². The Morgan fingerprint density at radius 1 is 1.15 bits per heavy atom. The summed E-state index contributed by atoms with van der Waals surface area (Å²) in [6.45, 7) is 2.48. The number of hydrogen-bond acceptors (Lipinski definition) is 4. The van der Waals surface area contributed by atoms with Gasteiger partial charge in [-0.15, -0.1) is 0 Å². The molecule has 0 radical (unpaired) electrons. The van der Waals surface area contributed by atoms with Gasteiger partial charge in [-0.25, -0.2) is 8.42 Å². The smallest absolute Gasteiger partial charge is 0.254 e. The second-order valence-electron chi connectivity index (χ2n) is 7.21. The molecule has 0 unspecified atom stereocenters. The summed E-state index contributed by atoms with van der Waals surface area (Å²) in [4.78, 5) is 12.2. The van der Waals surface area contributed by atoms with Crippen LogP contribution < -0.4 is 10.3 Å². The molecule has 0 spiro atoms. The van der Waals surface area contributed by atoms with Crippen LogP contribution in [-0.2, 0) is 15.8 Å². The maximum atomic E-state index is 12.5. The summed E-state index contributed by atoms with van der Waals surface area (Å²) in [6, 6.07) is 10.5. The predicted octanol–water partition coefficient (Wildman–Crippen LogP) is 2.74. The minimum absolute atomic E-state index is 0.0564. The molecule has 0 atom stereocenters. The quantitative estimate of drug-likeness (QED) is 0.737. The zero-order valence-electron chi connectivity index (χ0n) is 15.0. The van der Waals surface area contributed by atoms with Gasteiger partial charge in [-0.3, -0.25) is 4.79 Å². The second-order valence-corrected chi connectivity index (χ2v) is 9.62. The maximum absolute atomic E-state index is 12.5. The maximum Gasteiger partial charge on any atom is 0.254 e. The van der Waals surface area contributed by atoms with E-state index in [9.17, 15) is 13.2 Å². The standard InChI is InChI=1S/C19H21ClN2O4S/c1-13-8-17(9-19(23)22(13)16-6-7-16)26-18-10-21(11-18)27(24,25)12-14-2-4-15(20)5-3-14/h2-5,8-9,16,18H,6-7,10-12H2,1H3. The number of nitrogens with zero attached hydrogens (tertiary/aromatic N) is 2.